The molecule has 2 aromatic rings. The van der Waals surface area contributed by atoms with E-state index in [0.29, 0.717) is 11.5 Å². The lowest BCUT2D eigenvalue weighted by Gasteiger charge is -2.24. The molecule has 2 atom stereocenters. The van der Waals surface area contributed by atoms with E-state index in [4.69, 9.17) is 4.74 Å². The van der Waals surface area contributed by atoms with Crippen LogP contribution in [0, 0.1) is 12.7 Å². The first-order valence-corrected chi connectivity index (χ1v) is 9.42. The molecule has 1 aliphatic heterocycles. The lowest BCUT2D eigenvalue weighted by atomic mass is 9.99. The van der Waals surface area contributed by atoms with Crippen LogP contribution in [-0.2, 0) is 4.74 Å². The molecule has 1 aliphatic rings. The summed E-state index contributed by atoms with van der Waals surface area (Å²) in [4.78, 5) is 18.0. The van der Waals surface area contributed by atoms with Crippen molar-refractivity contribution in [3.63, 3.8) is 0 Å². The maximum atomic E-state index is 13.3. The van der Waals surface area contributed by atoms with Crippen LogP contribution >= 0.6 is 11.3 Å². The minimum absolute atomic E-state index is 0.0905. The van der Waals surface area contributed by atoms with Gasteiger partial charge in [-0.1, -0.05) is 26.0 Å². The number of nitrogens with one attached hydrogen (secondary N) is 1. The van der Waals surface area contributed by atoms with Crippen LogP contribution in [0.5, 0.6) is 0 Å². The first-order chi connectivity index (χ1) is 12.0. The van der Waals surface area contributed by atoms with Crippen molar-refractivity contribution in [1.82, 2.24) is 10.3 Å². The molecule has 4 nitrogen and oxygen atoms in total. The molecule has 25 heavy (non-hydrogen) atoms. The molecule has 1 N–H and O–H groups in total. The lowest BCUT2D eigenvalue weighted by Crippen LogP contribution is -2.36. The molecule has 0 radical (unpaired) electrons. The Morgan fingerprint density at radius 2 is 2.08 bits per heavy atom. The lowest BCUT2D eigenvalue weighted by molar-refractivity contribution is 0.0674. The third-order valence-corrected chi connectivity index (χ3v) is 5.82. The van der Waals surface area contributed by atoms with E-state index < -0.39 is 0 Å². The van der Waals surface area contributed by atoms with Crippen molar-refractivity contribution in [2.75, 3.05) is 6.61 Å². The SMILES string of the molecule is Cc1nc(C(C)C)sc1C(=O)N[C@H](c1ccc(F)cc1)[C@H]1CCCO1. The Kier molecular flexibility index (Phi) is 5.49. The van der Waals surface area contributed by atoms with Crippen molar-refractivity contribution in [3.8, 4) is 0 Å². The van der Waals surface area contributed by atoms with Crippen LogP contribution in [0.15, 0.2) is 24.3 Å². The van der Waals surface area contributed by atoms with Crippen molar-refractivity contribution in [2.45, 2.75) is 51.7 Å². The fourth-order valence-electron chi connectivity index (χ4n) is 3.01. The standard InChI is InChI=1S/C19H23FN2O2S/c1-11(2)19-21-12(3)17(25-19)18(23)22-16(15-5-4-10-24-15)13-6-8-14(20)9-7-13/h6-9,11,15-16H,4-5,10H2,1-3H3,(H,22,23)/t15-,16-/m1/s1. The summed E-state index contributed by atoms with van der Waals surface area (Å²) in [7, 11) is 0. The average Bonchev–Trinajstić information content (AvgIpc) is 3.23. The second-order valence-electron chi connectivity index (χ2n) is 6.68. The van der Waals surface area contributed by atoms with Gasteiger partial charge in [0.15, 0.2) is 0 Å². The zero-order valence-corrected chi connectivity index (χ0v) is 15.5. The summed E-state index contributed by atoms with van der Waals surface area (Å²) in [5.74, 6) is -0.149. The Labute approximate surface area is 151 Å². The second-order valence-corrected chi connectivity index (χ2v) is 7.71. The van der Waals surface area contributed by atoms with Gasteiger partial charge in [-0.25, -0.2) is 9.37 Å². The summed E-state index contributed by atoms with van der Waals surface area (Å²) in [5, 5.41) is 4.04. The molecule has 1 fully saturated rings. The van der Waals surface area contributed by atoms with Gasteiger partial charge in [0.1, 0.15) is 10.7 Å². The molecule has 0 unspecified atom stereocenters. The Morgan fingerprint density at radius 1 is 1.36 bits per heavy atom. The van der Waals surface area contributed by atoms with Gasteiger partial charge in [-0.15, -0.1) is 11.3 Å². The quantitative estimate of drug-likeness (QED) is 0.859. The Hall–Kier alpha value is -1.79. The first kappa shape index (κ1) is 18.0. The normalized spacial score (nSPS) is 18.5. The minimum Gasteiger partial charge on any atom is -0.376 e. The minimum atomic E-state index is -0.292. The molecule has 0 spiro atoms. The van der Waals surface area contributed by atoms with E-state index in [1.807, 2.05) is 6.92 Å². The third-order valence-electron chi connectivity index (χ3n) is 4.37. The highest BCUT2D eigenvalue weighted by Crippen LogP contribution is 2.29. The maximum absolute atomic E-state index is 13.3. The van der Waals surface area contributed by atoms with Gasteiger partial charge < -0.3 is 10.1 Å². The number of ether oxygens (including phenoxy) is 1. The Bertz CT molecular complexity index is 736. The van der Waals surface area contributed by atoms with E-state index in [0.717, 1.165) is 29.1 Å². The van der Waals surface area contributed by atoms with Crippen LogP contribution in [0.2, 0.25) is 0 Å². The molecule has 2 heterocycles. The summed E-state index contributed by atoms with van der Waals surface area (Å²) >= 11 is 1.43. The van der Waals surface area contributed by atoms with Crippen molar-refractivity contribution in [3.05, 3.63) is 51.2 Å². The van der Waals surface area contributed by atoms with E-state index in [2.05, 4.69) is 24.1 Å². The van der Waals surface area contributed by atoms with Gasteiger partial charge >= 0.3 is 0 Å². The number of carbonyl (C=O) groups excluding carboxylic acids is 1. The molecular formula is C19H23FN2O2S. The van der Waals surface area contributed by atoms with Gasteiger partial charge in [0, 0.05) is 12.5 Å². The zero-order valence-electron chi connectivity index (χ0n) is 14.7. The van der Waals surface area contributed by atoms with Gasteiger partial charge in [-0.3, -0.25) is 4.79 Å². The summed E-state index contributed by atoms with van der Waals surface area (Å²) in [6, 6.07) is 5.96. The van der Waals surface area contributed by atoms with Gasteiger partial charge in [0.2, 0.25) is 0 Å². The maximum Gasteiger partial charge on any atom is 0.263 e. The van der Waals surface area contributed by atoms with Gasteiger partial charge in [0.25, 0.3) is 5.91 Å². The van der Waals surface area contributed by atoms with E-state index >= 15 is 0 Å². The number of halogens is 1. The summed E-state index contributed by atoms with van der Waals surface area (Å²) < 4.78 is 19.1. The Balaban J connectivity index is 1.84. The highest BCUT2D eigenvalue weighted by atomic mass is 32.1. The number of nitrogens with zero attached hydrogens (tertiary/aromatic N) is 1. The van der Waals surface area contributed by atoms with Crippen molar-refractivity contribution < 1.29 is 13.9 Å². The van der Waals surface area contributed by atoms with E-state index in [1.165, 1.54) is 23.5 Å². The predicted octanol–water partition coefficient (Wildman–Crippen LogP) is 4.36. The van der Waals surface area contributed by atoms with Gasteiger partial charge in [0.05, 0.1) is 22.8 Å². The number of aryl methyl sites for hydroxylation is 1. The van der Waals surface area contributed by atoms with Crippen LogP contribution in [-0.4, -0.2) is 23.6 Å². The molecule has 1 aromatic carbocycles. The smallest absolute Gasteiger partial charge is 0.263 e. The molecule has 0 saturated carbocycles. The molecule has 134 valence electrons. The average molecular weight is 362 g/mol. The van der Waals surface area contributed by atoms with Crippen LogP contribution < -0.4 is 5.32 Å². The number of aromatic nitrogens is 1. The van der Waals surface area contributed by atoms with Crippen LogP contribution in [0.3, 0.4) is 0 Å². The van der Waals surface area contributed by atoms with Crippen LogP contribution in [0.1, 0.15) is 64.6 Å². The fraction of sp³-hybridized carbons (Fsp3) is 0.474. The van der Waals surface area contributed by atoms with Crippen LogP contribution in [0.4, 0.5) is 4.39 Å². The fourth-order valence-corrected chi connectivity index (χ4v) is 3.98. The molecule has 3 rings (SSSR count). The molecule has 0 bridgehead atoms. The predicted molar refractivity (Wildman–Crippen MR) is 96.5 cm³/mol. The molecule has 1 aromatic heterocycles. The molecule has 1 saturated heterocycles. The molecule has 0 aliphatic carbocycles. The number of hydrogen-bond acceptors (Lipinski definition) is 4. The van der Waals surface area contributed by atoms with Crippen LogP contribution in [0.25, 0.3) is 0 Å². The second kappa shape index (κ2) is 7.62. The summed E-state index contributed by atoms with van der Waals surface area (Å²) in [5.41, 5.74) is 1.60. The molecule has 1 amide bonds. The topological polar surface area (TPSA) is 51.2 Å². The first-order valence-electron chi connectivity index (χ1n) is 8.61. The van der Waals surface area contributed by atoms with E-state index in [1.54, 1.807) is 12.1 Å². The number of amides is 1. The summed E-state index contributed by atoms with van der Waals surface area (Å²) in [6.07, 6.45) is 1.75. The monoisotopic (exact) mass is 362 g/mol. The highest BCUT2D eigenvalue weighted by molar-refractivity contribution is 7.13. The molecule has 6 heteroatoms. The van der Waals surface area contributed by atoms with E-state index in [9.17, 15) is 9.18 Å². The summed E-state index contributed by atoms with van der Waals surface area (Å²) in [6.45, 7) is 6.67. The number of benzene rings is 1. The largest absolute Gasteiger partial charge is 0.376 e. The van der Waals surface area contributed by atoms with Gasteiger partial charge in [-0.05, 0) is 37.5 Å². The number of carbonyl (C=O) groups is 1. The Morgan fingerprint density at radius 3 is 2.64 bits per heavy atom. The number of hydrogen-bond donors (Lipinski definition) is 1. The van der Waals surface area contributed by atoms with Crippen molar-refractivity contribution >= 4 is 17.2 Å². The van der Waals surface area contributed by atoms with E-state index in [-0.39, 0.29) is 29.8 Å². The molecular weight excluding hydrogens is 339 g/mol. The van der Waals surface area contributed by atoms with Gasteiger partial charge in [-0.2, -0.15) is 0 Å². The highest BCUT2D eigenvalue weighted by Gasteiger charge is 2.30. The van der Waals surface area contributed by atoms with Crippen molar-refractivity contribution in [1.29, 1.82) is 0 Å². The van der Waals surface area contributed by atoms with Crippen molar-refractivity contribution in [2.24, 2.45) is 0 Å². The number of thiazole rings is 1. The number of rotatable bonds is 5. The third kappa shape index (κ3) is 4.07. The zero-order chi connectivity index (χ0) is 18.0.